The molecule has 1 heterocycles. The number of rotatable bonds is 2. The van der Waals surface area contributed by atoms with Crippen molar-refractivity contribution < 1.29 is 0 Å². The van der Waals surface area contributed by atoms with Crippen molar-refractivity contribution in [1.82, 2.24) is 4.98 Å². The summed E-state index contributed by atoms with van der Waals surface area (Å²) in [6.07, 6.45) is 1.96. The Morgan fingerprint density at radius 1 is 1.00 bits per heavy atom. The van der Waals surface area contributed by atoms with Crippen molar-refractivity contribution in [3.63, 3.8) is 0 Å². The van der Waals surface area contributed by atoms with Gasteiger partial charge >= 0.3 is 0 Å². The van der Waals surface area contributed by atoms with E-state index in [1.807, 2.05) is 24.4 Å². The third-order valence-electron chi connectivity index (χ3n) is 3.54. The van der Waals surface area contributed by atoms with Crippen molar-refractivity contribution in [2.75, 3.05) is 5.73 Å². The first-order valence-corrected chi connectivity index (χ1v) is 6.18. The molecule has 0 saturated heterocycles. The number of fused-ring (bicyclic) bond motifs is 1. The number of hydrogen-bond acceptors (Lipinski definition) is 1. The molecule has 18 heavy (non-hydrogen) atoms. The number of aromatic nitrogens is 1. The quantitative estimate of drug-likeness (QED) is 0.651. The predicted molar refractivity (Wildman–Crippen MR) is 76.7 cm³/mol. The maximum absolute atomic E-state index is 6.17. The van der Waals surface area contributed by atoms with Crippen LogP contribution in [0.3, 0.4) is 0 Å². The SMILES string of the molecule is CC(c1ccccc1)c1c(N)ccc2[nH]ccc12. The molecule has 0 bridgehead atoms. The van der Waals surface area contributed by atoms with E-state index in [1.54, 1.807) is 0 Å². The lowest BCUT2D eigenvalue weighted by atomic mass is 9.89. The van der Waals surface area contributed by atoms with Crippen LogP contribution in [0.25, 0.3) is 10.9 Å². The van der Waals surface area contributed by atoms with E-state index in [0.717, 1.165) is 11.2 Å². The Balaban J connectivity index is 2.19. The average Bonchev–Trinajstić information content (AvgIpc) is 2.87. The molecular weight excluding hydrogens is 220 g/mol. The third kappa shape index (κ3) is 1.66. The number of aromatic amines is 1. The number of nitrogens with two attached hydrogens (primary N) is 1. The molecule has 0 saturated carbocycles. The Kier molecular flexibility index (Phi) is 2.56. The van der Waals surface area contributed by atoms with Crippen molar-refractivity contribution in [1.29, 1.82) is 0 Å². The standard InChI is InChI=1S/C16H16N2/c1-11(12-5-3-2-4-6-12)16-13-9-10-18-15(13)8-7-14(16)17/h2-11,18H,17H2,1H3. The van der Waals surface area contributed by atoms with Gasteiger partial charge in [0, 0.05) is 28.7 Å². The second kappa shape index (κ2) is 4.22. The highest BCUT2D eigenvalue weighted by Gasteiger charge is 2.15. The molecule has 1 atom stereocenters. The molecular formula is C16H16N2. The van der Waals surface area contributed by atoms with Crippen LogP contribution in [0.1, 0.15) is 24.0 Å². The smallest absolute Gasteiger partial charge is 0.0458 e. The minimum absolute atomic E-state index is 0.297. The van der Waals surface area contributed by atoms with Crippen molar-refractivity contribution in [2.45, 2.75) is 12.8 Å². The Morgan fingerprint density at radius 3 is 2.56 bits per heavy atom. The molecule has 3 N–H and O–H groups in total. The van der Waals surface area contributed by atoms with Gasteiger partial charge in [-0.05, 0) is 29.3 Å². The summed E-state index contributed by atoms with van der Waals surface area (Å²) in [6.45, 7) is 2.20. The van der Waals surface area contributed by atoms with E-state index < -0.39 is 0 Å². The molecule has 0 aliphatic carbocycles. The van der Waals surface area contributed by atoms with Gasteiger partial charge in [0.2, 0.25) is 0 Å². The number of benzene rings is 2. The summed E-state index contributed by atoms with van der Waals surface area (Å²) >= 11 is 0. The lowest BCUT2D eigenvalue weighted by molar-refractivity contribution is 0.936. The topological polar surface area (TPSA) is 41.8 Å². The zero-order valence-electron chi connectivity index (χ0n) is 10.4. The molecule has 0 aliphatic rings. The van der Waals surface area contributed by atoms with Gasteiger partial charge in [-0.25, -0.2) is 0 Å². The van der Waals surface area contributed by atoms with Crippen molar-refractivity contribution in [3.8, 4) is 0 Å². The zero-order valence-corrected chi connectivity index (χ0v) is 10.4. The van der Waals surface area contributed by atoms with Crippen LogP contribution >= 0.6 is 0 Å². The van der Waals surface area contributed by atoms with Gasteiger partial charge in [0.15, 0.2) is 0 Å². The minimum atomic E-state index is 0.297. The Morgan fingerprint density at radius 2 is 1.78 bits per heavy atom. The van der Waals surface area contributed by atoms with Gasteiger partial charge in [-0.3, -0.25) is 0 Å². The molecule has 2 heteroatoms. The monoisotopic (exact) mass is 236 g/mol. The summed E-state index contributed by atoms with van der Waals surface area (Å²) in [5, 5.41) is 1.21. The van der Waals surface area contributed by atoms with E-state index in [4.69, 9.17) is 5.73 Å². The normalized spacial score (nSPS) is 12.7. The van der Waals surface area contributed by atoms with E-state index in [-0.39, 0.29) is 0 Å². The number of nitrogen functional groups attached to an aromatic ring is 1. The summed E-state index contributed by atoms with van der Waals surface area (Å²) in [5.41, 5.74) is 10.7. The first-order chi connectivity index (χ1) is 8.77. The molecule has 1 aromatic heterocycles. The number of anilines is 1. The predicted octanol–water partition coefficient (Wildman–Crippen LogP) is 3.90. The summed E-state index contributed by atoms with van der Waals surface area (Å²) < 4.78 is 0. The Bertz CT molecular complexity index is 668. The highest BCUT2D eigenvalue weighted by atomic mass is 14.7. The molecule has 0 amide bonds. The van der Waals surface area contributed by atoms with Crippen molar-refractivity contribution >= 4 is 16.6 Å². The number of H-pyrrole nitrogens is 1. The average molecular weight is 236 g/mol. The van der Waals surface area contributed by atoms with E-state index in [9.17, 15) is 0 Å². The first kappa shape index (κ1) is 10.9. The molecule has 0 spiro atoms. The lowest BCUT2D eigenvalue weighted by Gasteiger charge is -2.16. The molecule has 3 rings (SSSR count). The van der Waals surface area contributed by atoms with Gasteiger partial charge in [0.05, 0.1) is 0 Å². The van der Waals surface area contributed by atoms with E-state index in [1.165, 1.54) is 16.5 Å². The van der Waals surface area contributed by atoms with E-state index in [2.05, 4.69) is 42.2 Å². The fourth-order valence-corrected chi connectivity index (χ4v) is 2.57. The highest BCUT2D eigenvalue weighted by Crippen LogP contribution is 2.34. The minimum Gasteiger partial charge on any atom is -0.398 e. The van der Waals surface area contributed by atoms with Gasteiger partial charge < -0.3 is 10.7 Å². The fraction of sp³-hybridized carbons (Fsp3) is 0.125. The molecule has 0 radical (unpaired) electrons. The third-order valence-corrected chi connectivity index (χ3v) is 3.54. The zero-order chi connectivity index (χ0) is 12.5. The van der Waals surface area contributed by atoms with Crippen LogP contribution in [-0.2, 0) is 0 Å². The van der Waals surface area contributed by atoms with E-state index in [0.29, 0.717) is 5.92 Å². The Labute approximate surface area is 106 Å². The summed E-state index contributed by atoms with van der Waals surface area (Å²) in [4.78, 5) is 3.24. The summed E-state index contributed by atoms with van der Waals surface area (Å²) in [6, 6.07) is 16.6. The summed E-state index contributed by atoms with van der Waals surface area (Å²) in [5.74, 6) is 0.297. The van der Waals surface area contributed by atoms with E-state index >= 15 is 0 Å². The second-order valence-corrected chi connectivity index (χ2v) is 4.64. The molecule has 90 valence electrons. The van der Waals surface area contributed by atoms with Crippen LogP contribution < -0.4 is 5.73 Å². The van der Waals surface area contributed by atoms with Crippen LogP contribution in [0.15, 0.2) is 54.7 Å². The van der Waals surface area contributed by atoms with Crippen molar-refractivity contribution in [3.05, 3.63) is 65.9 Å². The lowest BCUT2D eigenvalue weighted by Crippen LogP contribution is -2.01. The van der Waals surface area contributed by atoms with Gasteiger partial charge in [-0.1, -0.05) is 37.3 Å². The summed E-state index contributed by atoms with van der Waals surface area (Å²) in [7, 11) is 0. The number of nitrogens with one attached hydrogen (secondary N) is 1. The maximum Gasteiger partial charge on any atom is 0.0458 e. The molecule has 2 aromatic carbocycles. The first-order valence-electron chi connectivity index (χ1n) is 6.18. The van der Waals surface area contributed by atoms with Crippen LogP contribution in [0.4, 0.5) is 5.69 Å². The van der Waals surface area contributed by atoms with Crippen molar-refractivity contribution in [2.24, 2.45) is 0 Å². The van der Waals surface area contributed by atoms with Crippen LogP contribution in [0.5, 0.6) is 0 Å². The van der Waals surface area contributed by atoms with Gasteiger partial charge in [0.1, 0.15) is 0 Å². The molecule has 3 aromatic rings. The molecule has 2 nitrogen and oxygen atoms in total. The molecule has 0 aliphatic heterocycles. The highest BCUT2D eigenvalue weighted by molar-refractivity contribution is 5.88. The number of hydrogen-bond donors (Lipinski definition) is 2. The van der Waals surface area contributed by atoms with Gasteiger partial charge in [-0.2, -0.15) is 0 Å². The fourth-order valence-electron chi connectivity index (χ4n) is 2.57. The maximum atomic E-state index is 6.17. The van der Waals surface area contributed by atoms with Crippen LogP contribution in [-0.4, -0.2) is 4.98 Å². The second-order valence-electron chi connectivity index (χ2n) is 4.64. The van der Waals surface area contributed by atoms with Gasteiger partial charge in [-0.15, -0.1) is 0 Å². The Hall–Kier alpha value is -2.22. The molecule has 1 unspecified atom stereocenters. The van der Waals surface area contributed by atoms with Gasteiger partial charge in [0.25, 0.3) is 0 Å². The molecule has 0 fully saturated rings. The van der Waals surface area contributed by atoms with Crippen LogP contribution in [0.2, 0.25) is 0 Å². The largest absolute Gasteiger partial charge is 0.398 e. The van der Waals surface area contributed by atoms with Crippen LogP contribution in [0, 0.1) is 0 Å².